The minimum atomic E-state index is -0.539. The maximum absolute atomic E-state index is 11.1. The van der Waals surface area contributed by atoms with Gasteiger partial charge >= 0.3 is 0 Å². The summed E-state index contributed by atoms with van der Waals surface area (Å²) in [5.41, 5.74) is 0.269. The molecule has 0 unspecified atom stereocenters. The number of hydrogen-bond donors (Lipinski definition) is 0. The molecule has 0 saturated carbocycles. The van der Waals surface area contributed by atoms with Crippen molar-refractivity contribution in [3.8, 4) is 0 Å². The van der Waals surface area contributed by atoms with Crippen LogP contribution in [0.5, 0.6) is 0 Å². The Bertz CT molecular complexity index is 408. The van der Waals surface area contributed by atoms with E-state index in [0.717, 1.165) is 0 Å². The maximum atomic E-state index is 11.1. The second kappa shape index (κ2) is 5.23. The van der Waals surface area contributed by atoms with E-state index in [1.165, 1.54) is 18.2 Å². The van der Waals surface area contributed by atoms with Crippen LogP contribution in [0, 0.1) is 10.1 Å². The Morgan fingerprint density at radius 2 is 2.20 bits per heavy atom. The zero-order valence-corrected chi connectivity index (χ0v) is 9.92. The van der Waals surface area contributed by atoms with Gasteiger partial charge in [-0.2, -0.15) is 0 Å². The van der Waals surface area contributed by atoms with Gasteiger partial charge in [0.05, 0.1) is 10.3 Å². The summed E-state index contributed by atoms with van der Waals surface area (Å²) in [4.78, 5) is 21.3. The highest BCUT2D eigenvalue weighted by atomic mass is 79.9. The molecule has 0 aliphatic carbocycles. The van der Waals surface area contributed by atoms with E-state index in [4.69, 9.17) is 11.6 Å². The number of alkyl halides is 1. The van der Waals surface area contributed by atoms with Gasteiger partial charge in [-0.15, -0.1) is 0 Å². The summed E-state index contributed by atoms with van der Waals surface area (Å²) in [6, 6.07) is 4.28. The molecular weight excluding hydrogens is 285 g/mol. The topological polar surface area (TPSA) is 60.2 Å². The highest BCUT2D eigenvalue weighted by Crippen LogP contribution is 2.23. The van der Waals surface area contributed by atoms with E-state index in [1.807, 2.05) is 0 Å². The number of carbonyl (C=O) groups excluding carboxylic acids is 1. The monoisotopic (exact) mass is 291 g/mol. The van der Waals surface area contributed by atoms with Gasteiger partial charge in [-0.25, -0.2) is 0 Å². The molecule has 1 aromatic carbocycles. The van der Waals surface area contributed by atoms with Crippen molar-refractivity contribution in [2.75, 3.05) is 5.33 Å². The van der Waals surface area contributed by atoms with Crippen molar-refractivity contribution in [3.63, 3.8) is 0 Å². The highest BCUT2D eigenvalue weighted by Gasteiger charge is 2.16. The predicted molar refractivity (Wildman–Crippen MR) is 60.6 cm³/mol. The molecule has 1 rings (SSSR count). The summed E-state index contributed by atoms with van der Waals surface area (Å²) in [5, 5.41) is 11.1. The first-order valence-corrected chi connectivity index (χ1v) is 5.55. The molecule has 0 heterocycles. The Morgan fingerprint density at radius 3 is 2.73 bits per heavy atom. The van der Waals surface area contributed by atoms with Crippen LogP contribution < -0.4 is 0 Å². The molecule has 0 N–H and O–H groups in total. The summed E-state index contributed by atoms with van der Waals surface area (Å²) in [7, 11) is 0. The summed E-state index contributed by atoms with van der Waals surface area (Å²) in [6.45, 7) is 0. The smallest absolute Gasteiger partial charge is 0.274 e. The summed E-state index contributed by atoms with van der Waals surface area (Å²) in [6.07, 6.45) is 0.0404. The number of nitro groups is 1. The standard InChI is InChI=1S/C9H7BrClNO3/c10-5-8(13)3-6-1-2-7(11)4-9(6)12(14)15/h1-2,4H,3,5H2. The van der Waals surface area contributed by atoms with Crippen LogP contribution in [0.15, 0.2) is 18.2 Å². The lowest BCUT2D eigenvalue weighted by atomic mass is 10.1. The molecule has 0 atom stereocenters. The van der Waals surface area contributed by atoms with Crippen LogP contribution in [0.2, 0.25) is 5.02 Å². The average molecular weight is 293 g/mol. The quantitative estimate of drug-likeness (QED) is 0.487. The fourth-order valence-corrected chi connectivity index (χ4v) is 1.48. The second-order valence-corrected chi connectivity index (χ2v) is 3.88. The highest BCUT2D eigenvalue weighted by molar-refractivity contribution is 9.09. The Kier molecular flexibility index (Phi) is 4.23. The molecule has 0 radical (unpaired) electrons. The molecule has 0 spiro atoms. The zero-order valence-electron chi connectivity index (χ0n) is 7.57. The molecular formula is C9H7BrClNO3. The van der Waals surface area contributed by atoms with Crippen molar-refractivity contribution in [2.45, 2.75) is 6.42 Å². The number of hydrogen-bond acceptors (Lipinski definition) is 3. The molecule has 0 aliphatic heterocycles. The number of nitro benzene ring substituents is 1. The lowest BCUT2D eigenvalue weighted by Gasteiger charge is -2.01. The predicted octanol–water partition coefficient (Wildman–Crippen LogP) is 2.75. The number of carbonyl (C=O) groups is 1. The van der Waals surface area contributed by atoms with E-state index in [1.54, 1.807) is 0 Å². The Balaban J connectivity index is 3.06. The van der Waals surface area contributed by atoms with Crippen molar-refractivity contribution < 1.29 is 9.72 Å². The fourth-order valence-electron chi connectivity index (χ4n) is 1.12. The van der Waals surface area contributed by atoms with Gasteiger partial charge in [-0.05, 0) is 6.07 Å². The molecule has 0 fully saturated rings. The van der Waals surface area contributed by atoms with Gasteiger partial charge in [0, 0.05) is 23.1 Å². The average Bonchev–Trinajstić information content (AvgIpc) is 2.20. The molecule has 0 aromatic heterocycles. The first-order valence-electron chi connectivity index (χ1n) is 4.05. The molecule has 6 heteroatoms. The molecule has 4 nitrogen and oxygen atoms in total. The molecule has 15 heavy (non-hydrogen) atoms. The first kappa shape index (κ1) is 12.1. The first-order chi connectivity index (χ1) is 7.04. The van der Waals surface area contributed by atoms with E-state index in [2.05, 4.69) is 15.9 Å². The van der Waals surface area contributed by atoms with E-state index < -0.39 is 4.92 Å². The molecule has 80 valence electrons. The van der Waals surface area contributed by atoms with Crippen molar-refractivity contribution >= 4 is 39.0 Å². The van der Waals surface area contributed by atoms with Crippen molar-refractivity contribution in [3.05, 3.63) is 38.9 Å². The van der Waals surface area contributed by atoms with Crippen molar-refractivity contribution in [1.82, 2.24) is 0 Å². The molecule has 0 bridgehead atoms. The van der Waals surface area contributed by atoms with Crippen LogP contribution >= 0.6 is 27.5 Å². The van der Waals surface area contributed by atoms with Crippen LogP contribution in [0.25, 0.3) is 0 Å². The number of Topliss-reactive ketones (excluding diaryl/α,β-unsaturated/α-hetero) is 1. The Hall–Kier alpha value is -0.940. The van der Waals surface area contributed by atoms with Gasteiger partial charge in [0.2, 0.25) is 0 Å². The summed E-state index contributed by atoms with van der Waals surface area (Å²) in [5.74, 6) is -0.111. The van der Waals surface area contributed by atoms with Gasteiger partial charge in [-0.1, -0.05) is 33.6 Å². The minimum Gasteiger partial charge on any atom is -0.298 e. The fraction of sp³-hybridized carbons (Fsp3) is 0.222. The van der Waals surface area contributed by atoms with Crippen LogP contribution in [-0.4, -0.2) is 16.0 Å². The Labute approximate surface area is 99.5 Å². The Morgan fingerprint density at radius 1 is 1.53 bits per heavy atom. The third kappa shape index (κ3) is 3.28. The van der Waals surface area contributed by atoms with Crippen LogP contribution in [-0.2, 0) is 11.2 Å². The van der Waals surface area contributed by atoms with E-state index in [-0.39, 0.29) is 28.2 Å². The number of nitrogens with zero attached hydrogens (tertiary/aromatic N) is 1. The molecule has 0 amide bonds. The van der Waals surface area contributed by atoms with Gasteiger partial charge in [-0.3, -0.25) is 14.9 Å². The van der Waals surface area contributed by atoms with E-state index in [9.17, 15) is 14.9 Å². The third-order valence-electron chi connectivity index (χ3n) is 1.78. The summed E-state index contributed by atoms with van der Waals surface area (Å²) >= 11 is 8.64. The third-order valence-corrected chi connectivity index (χ3v) is 2.64. The number of rotatable bonds is 4. The second-order valence-electron chi connectivity index (χ2n) is 2.88. The van der Waals surface area contributed by atoms with Crippen molar-refractivity contribution in [2.24, 2.45) is 0 Å². The van der Waals surface area contributed by atoms with Crippen LogP contribution in [0.1, 0.15) is 5.56 Å². The van der Waals surface area contributed by atoms with Crippen LogP contribution in [0.4, 0.5) is 5.69 Å². The van der Waals surface area contributed by atoms with Gasteiger partial charge in [0.1, 0.15) is 5.78 Å². The maximum Gasteiger partial charge on any atom is 0.274 e. The lowest BCUT2D eigenvalue weighted by molar-refractivity contribution is -0.385. The zero-order chi connectivity index (χ0) is 11.4. The van der Waals surface area contributed by atoms with Crippen molar-refractivity contribution in [1.29, 1.82) is 0 Å². The molecule has 0 saturated heterocycles. The molecule has 1 aromatic rings. The normalized spacial score (nSPS) is 10.0. The number of halogens is 2. The van der Waals surface area contributed by atoms with E-state index >= 15 is 0 Å². The lowest BCUT2D eigenvalue weighted by Crippen LogP contribution is -2.05. The van der Waals surface area contributed by atoms with Gasteiger partial charge in [0.15, 0.2) is 0 Å². The molecule has 0 aliphatic rings. The van der Waals surface area contributed by atoms with Gasteiger partial charge < -0.3 is 0 Å². The largest absolute Gasteiger partial charge is 0.298 e. The van der Waals surface area contributed by atoms with Gasteiger partial charge in [0.25, 0.3) is 5.69 Å². The SMILES string of the molecule is O=C(CBr)Cc1ccc(Cl)cc1[N+](=O)[O-]. The number of benzene rings is 1. The summed E-state index contributed by atoms with van der Waals surface area (Å²) < 4.78 is 0. The minimum absolute atomic E-state index is 0.0404. The number of ketones is 1. The van der Waals surface area contributed by atoms with E-state index in [0.29, 0.717) is 5.56 Å². The van der Waals surface area contributed by atoms with Crippen LogP contribution in [0.3, 0.4) is 0 Å².